The summed E-state index contributed by atoms with van der Waals surface area (Å²) in [5.41, 5.74) is 6.88. The Kier molecular flexibility index (Phi) is 2.00. The van der Waals surface area contributed by atoms with Gasteiger partial charge < -0.3 is 10.5 Å². The van der Waals surface area contributed by atoms with Crippen LogP contribution in [0.4, 0.5) is 4.39 Å². The first-order chi connectivity index (χ1) is 6.57. The Balaban J connectivity index is 2.56. The minimum absolute atomic E-state index is 0.248. The van der Waals surface area contributed by atoms with Crippen molar-refractivity contribution in [1.29, 1.82) is 0 Å². The van der Waals surface area contributed by atoms with Gasteiger partial charge in [-0.1, -0.05) is 0 Å². The first kappa shape index (κ1) is 9.46. The molecule has 2 nitrogen and oxygen atoms in total. The third-order valence-electron chi connectivity index (χ3n) is 2.70. The van der Waals surface area contributed by atoms with Crippen molar-refractivity contribution in [3.05, 3.63) is 29.1 Å². The molecule has 0 bridgehead atoms. The third kappa shape index (κ3) is 1.38. The normalized spacial score (nSPS) is 18.0. The first-order valence-electron chi connectivity index (χ1n) is 4.70. The quantitative estimate of drug-likeness (QED) is 0.784. The summed E-state index contributed by atoms with van der Waals surface area (Å²) in [5.74, 6) is 0.323. The highest BCUT2D eigenvalue weighted by Crippen LogP contribution is 2.47. The van der Waals surface area contributed by atoms with Crippen molar-refractivity contribution in [2.45, 2.75) is 25.3 Å². The number of halogens is 1. The number of hydrogen-bond donors (Lipinski definition) is 1. The van der Waals surface area contributed by atoms with E-state index in [1.807, 2.05) is 13.0 Å². The molecule has 1 saturated carbocycles. The molecule has 2 N–H and O–H groups in total. The maximum Gasteiger partial charge on any atom is 0.132 e. The van der Waals surface area contributed by atoms with Gasteiger partial charge in [0.2, 0.25) is 0 Å². The predicted octanol–water partition coefficient (Wildman–Crippen LogP) is 2.09. The number of hydrogen-bond acceptors (Lipinski definition) is 2. The standard InChI is InChI=1S/C11H14FNO/c1-7-5-8(12)10(9(6-7)14-2)11(13)3-4-11/h5-6H,3-4,13H2,1-2H3. The van der Waals surface area contributed by atoms with E-state index in [-0.39, 0.29) is 5.82 Å². The van der Waals surface area contributed by atoms with Crippen molar-refractivity contribution in [1.82, 2.24) is 0 Å². The van der Waals surface area contributed by atoms with Gasteiger partial charge in [0.05, 0.1) is 7.11 Å². The molecule has 0 aromatic heterocycles. The van der Waals surface area contributed by atoms with Crippen LogP contribution < -0.4 is 10.5 Å². The molecule has 0 atom stereocenters. The molecule has 0 saturated heterocycles. The van der Waals surface area contributed by atoms with E-state index in [2.05, 4.69) is 0 Å². The van der Waals surface area contributed by atoms with Crippen LogP contribution in [0.3, 0.4) is 0 Å². The van der Waals surface area contributed by atoms with Crippen LogP contribution in [0.1, 0.15) is 24.0 Å². The summed E-state index contributed by atoms with van der Waals surface area (Å²) in [6.45, 7) is 1.84. The molecule has 14 heavy (non-hydrogen) atoms. The highest BCUT2D eigenvalue weighted by Gasteiger charge is 2.44. The van der Waals surface area contributed by atoms with Crippen molar-refractivity contribution in [2.75, 3.05) is 7.11 Å². The van der Waals surface area contributed by atoms with Crippen molar-refractivity contribution >= 4 is 0 Å². The molecule has 1 aromatic rings. The largest absolute Gasteiger partial charge is 0.496 e. The number of nitrogens with two attached hydrogens (primary N) is 1. The number of aryl methyl sites for hydroxylation is 1. The highest BCUT2D eigenvalue weighted by molar-refractivity contribution is 5.45. The molecule has 0 radical (unpaired) electrons. The molecule has 1 fully saturated rings. The highest BCUT2D eigenvalue weighted by atomic mass is 19.1. The van der Waals surface area contributed by atoms with Crippen LogP contribution >= 0.6 is 0 Å². The van der Waals surface area contributed by atoms with Crippen LogP contribution in [0.25, 0.3) is 0 Å². The molecule has 1 aliphatic rings. The molecule has 0 aliphatic heterocycles. The molecule has 0 spiro atoms. The second-order valence-corrected chi connectivity index (χ2v) is 3.98. The minimum atomic E-state index is -0.483. The number of benzene rings is 1. The lowest BCUT2D eigenvalue weighted by Crippen LogP contribution is -2.21. The summed E-state index contributed by atoms with van der Waals surface area (Å²) in [6, 6.07) is 3.33. The van der Waals surface area contributed by atoms with Gasteiger partial charge in [-0.05, 0) is 37.5 Å². The van der Waals surface area contributed by atoms with Gasteiger partial charge in [-0.3, -0.25) is 0 Å². The summed E-state index contributed by atoms with van der Waals surface area (Å²) >= 11 is 0. The van der Waals surface area contributed by atoms with Gasteiger partial charge in [0, 0.05) is 11.1 Å². The Morgan fingerprint density at radius 2 is 2.07 bits per heavy atom. The molecule has 1 aromatic carbocycles. The van der Waals surface area contributed by atoms with Crippen molar-refractivity contribution in [3.8, 4) is 5.75 Å². The smallest absolute Gasteiger partial charge is 0.132 e. The fourth-order valence-electron chi connectivity index (χ4n) is 1.74. The van der Waals surface area contributed by atoms with Crippen LogP contribution in [0, 0.1) is 12.7 Å². The van der Waals surface area contributed by atoms with Crippen LogP contribution in [-0.4, -0.2) is 7.11 Å². The van der Waals surface area contributed by atoms with Gasteiger partial charge in [0.15, 0.2) is 0 Å². The fraction of sp³-hybridized carbons (Fsp3) is 0.455. The van der Waals surface area contributed by atoms with Crippen molar-refractivity contribution in [2.24, 2.45) is 5.73 Å². The monoisotopic (exact) mass is 195 g/mol. The van der Waals surface area contributed by atoms with Crippen molar-refractivity contribution in [3.63, 3.8) is 0 Å². The van der Waals surface area contributed by atoms with Gasteiger partial charge in [0.1, 0.15) is 11.6 Å². The molecule has 76 valence electrons. The van der Waals surface area contributed by atoms with E-state index in [4.69, 9.17) is 10.5 Å². The summed E-state index contributed by atoms with van der Waals surface area (Å²) in [6.07, 6.45) is 1.67. The Labute approximate surface area is 82.9 Å². The summed E-state index contributed by atoms with van der Waals surface area (Å²) in [7, 11) is 1.55. The topological polar surface area (TPSA) is 35.2 Å². The van der Waals surface area contributed by atoms with Gasteiger partial charge in [-0.15, -0.1) is 0 Å². The van der Waals surface area contributed by atoms with Crippen molar-refractivity contribution < 1.29 is 9.13 Å². The predicted molar refractivity (Wildman–Crippen MR) is 52.8 cm³/mol. The molecule has 2 rings (SSSR count). The summed E-state index contributed by atoms with van der Waals surface area (Å²) < 4.78 is 18.8. The average molecular weight is 195 g/mol. The van der Waals surface area contributed by atoms with Crippen LogP contribution in [0.5, 0.6) is 5.75 Å². The molecule has 0 heterocycles. The zero-order valence-corrected chi connectivity index (χ0v) is 8.43. The lowest BCUT2D eigenvalue weighted by atomic mass is 10.0. The SMILES string of the molecule is COc1cc(C)cc(F)c1C1(N)CC1. The summed E-state index contributed by atoms with van der Waals surface area (Å²) in [4.78, 5) is 0. The van der Waals surface area contributed by atoms with Crippen LogP contribution in [0.2, 0.25) is 0 Å². The van der Waals surface area contributed by atoms with Gasteiger partial charge in [0.25, 0.3) is 0 Å². The summed E-state index contributed by atoms with van der Waals surface area (Å²) in [5, 5.41) is 0. The van der Waals surface area contributed by atoms with E-state index in [0.29, 0.717) is 11.3 Å². The zero-order chi connectivity index (χ0) is 10.3. The lowest BCUT2D eigenvalue weighted by molar-refractivity contribution is 0.397. The van der Waals surface area contributed by atoms with E-state index in [0.717, 1.165) is 18.4 Å². The van der Waals surface area contributed by atoms with E-state index in [1.54, 1.807) is 7.11 Å². The Bertz CT molecular complexity index is 372. The average Bonchev–Trinajstić information content (AvgIpc) is 2.82. The maximum atomic E-state index is 13.7. The van der Waals surface area contributed by atoms with E-state index in [1.165, 1.54) is 6.07 Å². The first-order valence-corrected chi connectivity index (χ1v) is 4.70. The molecular formula is C11H14FNO. The molecular weight excluding hydrogens is 181 g/mol. The van der Waals surface area contributed by atoms with Gasteiger partial charge in [-0.25, -0.2) is 4.39 Å². The minimum Gasteiger partial charge on any atom is -0.496 e. The number of methoxy groups -OCH3 is 1. The molecule has 3 heteroatoms. The fourth-order valence-corrected chi connectivity index (χ4v) is 1.74. The number of ether oxygens (including phenoxy) is 1. The van der Waals surface area contributed by atoms with E-state index >= 15 is 0 Å². The Morgan fingerprint density at radius 1 is 1.43 bits per heavy atom. The lowest BCUT2D eigenvalue weighted by Gasteiger charge is -2.15. The van der Waals surface area contributed by atoms with E-state index < -0.39 is 5.54 Å². The Hall–Kier alpha value is -1.09. The molecule has 1 aliphatic carbocycles. The van der Waals surface area contributed by atoms with Crippen LogP contribution in [-0.2, 0) is 5.54 Å². The zero-order valence-electron chi connectivity index (χ0n) is 8.43. The number of rotatable bonds is 2. The molecule has 0 amide bonds. The second-order valence-electron chi connectivity index (χ2n) is 3.98. The van der Waals surface area contributed by atoms with Gasteiger partial charge >= 0.3 is 0 Å². The van der Waals surface area contributed by atoms with E-state index in [9.17, 15) is 4.39 Å². The maximum absolute atomic E-state index is 13.7. The Morgan fingerprint density at radius 3 is 2.57 bits per heavy atom. The second kappa shape index (κ2) is 2.95. The molecule has 0 unspecified atom stereocenters. The van der Waals surface area contributed by atoms with Crippen LogP contribution in [0.15, 0.2) is 12.1 Å². The van der Waals surface area contributed by atoms with Gasteiger partial charge in [-0.2, -0.15) is 0 Å². The third-order valence-corrected chi connectivity index (χ3v) is 2.70.